The van der Waals surface area contributed by atoms with Crippen molar-refractivity contribution in [3.8, 4) is 5.75 Å². The van der Waals surface area contributed by atoms with Gasteiger partial charge in [0.25, 0.3) is 24.1 Å². The number of methoxy groups -OCH3 is 1. The largest absolute Gasteiger partial charge is 0.497 e. The average Bonchev–Trinajstić information content (AvgIpc) is 3.47. The molecular formula is C20H17F4N3O4S. The fourth-order valence-corrected chi connectivity index (χ4v) is 3.45. The van der Waals surface area contributed by atoms with E-state index < -0.39 is 36.6 Å². The number of rotatable bonds is 9. The van der Waals surface area contributed by atoms with E-state index in [1.165, 1.54) is 19.2 Å². The summed E-state index contributed by atoms with van der Waals surface area (Å²) in [6.07, 6.45) is -4.86. The Bertz CT molecular complexity index is 1070. The van der Waals surface area contributed by atoms with Crippen LogP contribution in [0.3, 0.4) is 0 Å². The summed E-state index contributed by atoms with van der Waals surface area (Å²) in [6.45, 7) is -0.138. The number of hydrogen-bond donors (Lipinski definition) is 2. The number of nitrogens with zero attached hydrogens (tertiary/aromatic N) is 1. The summed E-state index contributed by atoms with van der Waals surface area (Å²) >= 11 is 0.656. The first-order valence-corrected chi connectivity index (χ1v) is 9.94. The van der Waals surface area contributed by atoms with Crippen molar-refractivity contribution in [2.75, 3.05) is 13.7 Å². The van der Waals surface area contributed by atoms with Gasteiger partial charge in [0, 0.05) is 6.54 Å². The van der Waals surface area contributed by atoms with Gasteiger partial charge in [-0.2, -0.15) is 8.78 Å². The highest BCUT2D eigenvalue weighted by Crippen LogP contribution is 2.27. The summed E-state index contributed by atoms with van der Waals surface area (Å²) in [5.41, 5.74) is 0.235. The smallest absolute Gasteiger partial charge is 0.313 e. The summed E-state index contributed by atoms with van der Waals surface area (Å²) in [7, 11) is 1.48. The van der Waals surface area contributed by atoms with Crippen molar-refractivity contribution in [2.24, 2.45) is 0 Å². The molecule has 1 atom stereocenters. The number of alkyl halides is 4. The van der Waals surface area contributed by atoms with Crippen LogP contribution in [0.4, 0.5) is 17.6 Å². The molecule has 0 aliphatic carbocycles. The van der Waals surface area contributed by atoms with E-state index in [2.05, 4.69) is 20.0 Å². The number of ether oxygens (including phenoxy) is 1. The zero-order valence-electron chi connectivity index (χ0n) is 16.5. The number of hydrogen-bond acceptors (Lipinski definition) is 6. The Hall–Kier alpha value is -3.41. The normalized spacial score (nSPS) is 12.1. The molecule has 1 unspecified atom stereocenters. The molecule has 0 aliphatic heterocycles. The highest BCUT2D eigenvalue weighted by molar-refractivity contribution is 7.14. The maximum Gasteiger partial charge on any atom is 0.313 e. The first kappa shape index (κ1) is 23.3. The minimum absolute atomic E-state index is 0.0724. The molecule has 3 rings (SSSR count). The van der Waals surface area contributed by atoms with Crippen molar-refractivity contribution in [2.45, 2.75) is 18.9 Å². The first-order chi connectivity index (χ1) is 15.3. The van der Waals surface area contributed by atoms with Gasteiger partial charge in [0.05, 0.1) is 22.9 Å². The van der Waals surface area contributed by atoms with Gasteiger partial charge in [0.2, 0.25) is 0 Å². The first-order valence-electron chi connectivity index (χ1n) is 9.13. The minimum atomic E-state index is -2.97. The highest BCUT2D eigenvalue weighted by Gasteiger charge is 2.22. The van der Waals surface area contributed by atoms with Crippen LogP contribution >= 0.6 is 11.3 Å². The number of carbonyl (C=O) groups excluding carboxylic acids is 2. The molecule has 0 aliphatic rings. The third kappa shape index (κ3) is 5.63. The minimum Gasteiger partial charge on any atom is -0.497 e. The lowest BCUT2D eigenvalue weighted by Crippen LogP contribution is -2.37. The van der Waals surface area contributed by atoms with Crippen molar-refractivity contribution in [1.29, 1.82) is 0 Å². The van der Waals surface area contributed by atoms with Crippen LogP contribution in [0.25, 0.3) is 0 Å². The number of amides is 2. The molecule has 7 nitrogen and oxygen atoms in total. The molecule has 2 aromatic heterocycles. The molecular weight excluding hydrogens is 454 g/mol. The van der Waals surface area contributed by atoms with E-state index in [1.807, 2.05) is 0 Å². The predicted molar refractivity (Wildman–Crippen MR) is 106 cm³/mol. The fraction of sp³-hybridized carbons (Fsp3) is 0.250. The second kappa shape index (κ2) is 10.3. The van der Waals surface area contributed by atoms with E-state index in [1.54, 1.807) is 24.3 Å². The number of thiophene rings is 1. The highest BCUT2D eigenvalue weighted by atomic mass is 32.1. The Balaban J connectivity index is 1.75. The standard InChI is InChI=1S/C20H17F4N3O4S/c1-30-11-4-2-10(3-5-11)12(26-19(29)15-7-6-14(32-15)16(21)22)8-25-18(28)13-9-31-20(27-13)17(23)24/h2-7,9,12,16-17H,8H2,1H3,(H,25,28)(H,26,29). The average molecular weight is 471 g/mol. The summed E-state index contributed by atoms with van der Waals surface area (Å²) in [5, 5.41) is 5.17. The molecule has 12 heteroatoms. The molecule has 170 valence electrons. The number of halogens is 4. The number of carbonyl (C=O) groups is 2. The zero-order chi connectivity index (χ0) is 23.3. The Morgan fingerprint density at radius 3 is 2.34 bits per heavy atom. The quantitative estimate of drug-likeness (QED) is 0.448. The number of nitrogens with one attached hydrogen (secondary N) is 2. The van der Waals surface area contributed by atoms with Gasteiger partial charge < -0.3 is 19.8 Å². The van der Waals surface area contributed by atoms with E-state index in [4.69, 9.17) is 4.74 Å². The van der Waals surface area contributed by atoms with Crippen LogP contribution in [0.1, 0.15) is 55.4 Å². The van der Waals surface area contributed by atoms with Gasteiger partial charge in [0.1, 0.15) is 12.0 Å². The molecule has 0 spiro atoms. The van der Waals surface area contributed by atoms with E-state index in [0.29, 0.717) is 22.6 Å². The maximum absolute atomic E-state index is 12.8. The number of aromatic nitrogens is 1. The lowest BCUT2D eigenvalue weighted by atomic mass is 10.1. The van der Waals surface area contributed by atoms with Crippen LogP contribution in [-0.4, -0.2) is 30.5 Å². The van der Waals surface area contributed by atoms with Crippen molar-refractivity contribution >= 4 is 23.2 Å². The molecule has 0 bridgehead atoms. The van der Waals surface area contributed by atoms with Crippen molar-refractivity contribution < 1.29 is 36.3 Å². The fourth-order valence-electron chi connectivity index (χ4n) is 2.69. The van der Waals surface area contributed by atoms with Crippen LogP contribution in [-0.2, 0) is 0 Å². The van der Waals surface area contributed by atoms with Gasteiger partial charge in [-0.05, 0) is 29.8 Å². The second-order valence-electron chi connectivity index (χ2n) is 6.38. The van der Waals surface area contributed by atoms with E-state index >= 15 is 0 Å². The van der Waals surface area contributed by atoms with Crippen LogP contribution in [0.5, 0.6) is 5.75 Å². The molecule has 0 saturated carbocycles. The Morgan fingerprint density at radius 2 is 1.78 bits per heavy atom. The molecule has 2 amide bonds. The molecule has 1 aromatic carbocycles. The van der Waals surface area contributed by atoms with Gasteiger partial charge in [-0.25, -0.2) is 13.8 Å². The second-order valence-corrected chi connectivity index (χ2v) is 7.50. The van der Waals surface area contributed by atoms with Gasteiger partial charge in [-0.15, -0.1) is 11.3 Å². The molecule has 0 saturated heterocycles. The molecule has 2 N–H and O–H groups in total. The van der Waals surface area contributed by atoms with Crippen LogP contribution in [0.15, 0.2) is 47.1 Å². The summed E-state index contributed by atoms with van der Waals surface area (Å²) in [4.78, 5) is 28.1. The van der Waals surface area contributed by atoms with Crippen molar-refractivity contribution in [1.82, 2.24) is 15.6 Å². The van der Waals surface area contributed by atoms with Crippen molar-refractivity contribution in [3.63, 3.8) is 0 Å². The molecule has 32 heavy (non-hydrogen) atoms. The Morgan fingerprint density at radius 1 is 1.06 bits per heavy atom. The third-order valence-corrected chi connectivity index (χ3v) is 5.39. The van der Waals surface area contributed by atoms with Crippen LogP contribution < -0.4 is 15.4 Å². The van der Waals surface area contributed by atoms with Gasteiger partial charge in [-0.3, -0.25) is 9.59 Å². The van der Waals surface area contributed by atoms with E-state index in [9.17, 15) is 27.2 Å². The van der Waals surface area contributed by atoms with Crippen LogP contribution in [0.2, 0.25) is 0 Å². The molecule has 0 fully saturated rings. The number of benzene rings is 1. The molecule has 0 radical (unpaired) electrons. The SMILES string of the molecule is COc1ccc(C(CNC(=O)c2coc(C(F)F)n2)NC(=O)c2ccc(C(F)F)s2)cc1. The summed E-state index contributed by atoms with van der Waals surface area (Å²) in [5.74, 6) is -1.73. The molecule has 2 heterocycles. The van der Waals surface area contributed by atoms with Gasteiger partial charge in [0.15, 0.2) is 5.69 Å². The lowest BCUT2D eigenvalue weighted by molar-refractivity contribution is 0.0908. The predicted octanol–water partition coefficient (Wildman–Crippen LogP) is 4.52. The maximum atomic E-state index is 12.8. The Kier molecular flexibility index (Phi) is 7.46. The van der Waals surface area contributed by atoms with Crippen molar-refractivity contribution in [3.05, 3.63) is 69.6 Å². The lowest BCUT2D eigenvalue weighted by Gasteiger charge is -2.19. The van der Waals surface area contributed by atoms with Gasteiger partial charge >= 0.3 is 6.43 Å². The summed E-state index contributed by atoms with van der Waals surface area (Å²) < 4.78 is 60.5. The monoisotopic (exact) mass is 471 g/mol. The van der Waals surface area contributed by atoms with E-state index in [-0.39, 0.29) is 22.0 Å². The van der Waals surface area contributed by atoms with E-state index in [0.717, 1.165) is 6.26 Å². The zero-order valence-corrected chi connectivity index (χ0v) is 17.3. The van der Waals surface area contributed by atoms with Crippen LogP contribution in [0, 0.1) is 0 Å². The molecule has 3 aromatic rings. The summed E-state index contributed by atoms with van der Waals surface area (Å²) in [6, 6.07) is 8.27. The number of oxazole rings is 1. The topological polar surface area (TPSA) is 93.5 Å². The van der Waals surface area contributed by atoms with Gasteiger partial charge in [-0.1, -0.05) is 12.1 Å². The Labute approximate surface area is 183 Å². The third-order valence-electron chi connectivity index (χ3n) is 4.30.